The minimum absolute atomic E-state index is 0.0314. The van der Waals surface area contributed by atoms with Gasteiger partial charge < -0.3 is 14.6 Å². The Labute approximate surface area is 229 Å². The maximum absolute atomic E-state index is 14.2. The van der Waals surface area contributed by atoms with Gasteiger partial charge in [-0.25, -0.2) is 21.5 Å². The smallest absolute Gasteiger partial charge is 0.274 e. The highest BCUT2D eigenvalue weighted by atomic mass is 32.2. The van der Waals surface area contributed by atoms with Crippen LogP contribution in [0.5, 0.6) is 5.75 Å². The quantitative estimate of drug-likeness (QED) is 0.533. The van der Waals surface area contributed by atoms with E-state index >= 15 is 0 Å². The van der Waals surface area contributed by atoms with E-state index in [-0.39, 0.29) is 42.4 Å². The van der Waals surface area contributed by atoms with E-state index in [1.54, 1.807) is 27.8 Å². The first-order valence-electron chi connectivity index (χ1n) is 12.2. The number of aromatic hydroxyl groups is 1. The molecular formula is C25H31F2N5O5S2. The molecule has 1 aromatic heterocycles. The molecule has 2 aromatic rings. The van der Waals surface area contributed by atoms with Gasteiger partial charge in [0.1, 0.15) is 22.1 Å². The summed E-state index contributed by atoms with van der Waals surface area (Å²) in [5.74, 6) is -2.68. The SMILES string of the molecule is CC(C)N1CC(C)(CN(C)S(C)(=O)=O)n2cc(C3SC(Cc4ccc(F)cc4F)=NN3C)c(=O)c(O)c2C1=O. The van der Waals surface area contributed by atoms with Gasteiger partial charge in [0, 0.05) is 51.9 Å². The zero-order valence-corrected chi connectivity index (χ0v) is 24.1. The van der Waals surface area contributed by atoms with Crippen LogP contribution in [0.25, 0.3) is 0 Å². The third-order valence-electron chi connectivity index (χ3n) is 7.00. The highest BCUT2D eigenvalue weighted by Gasteiger charge is 2.45. The van der Waals surface area contributed by atoms with Crippen LogP contribution in [-0.2, 0) is 22.0 Å². The molecule has 0 bridgehead atoms. The van der Waals surface area contributed by atoms with Crippen molar-refractivity contribution in [2.24, 2.45) is 5.10 Å². The van der Waals surface area contributed by atoms with Crippen molar-refractivity contribution in [1.82, 2.24) is 18.8 Å². The number of hydrogen-bond acceptors (Lipinski definition) is 8. The molecule has 1 amide bonds. The van der Waals surface area contributed by atoms with Crippen LogP contribution in [0.3, 0.4) is 0 Å². The molecule has 2 atom stereocenters. The molecule has 14 heteroatoms. The number of aromatic nitrogens is 1. The van der Waals surface area contributed by atoms with Gasteiger partial charge in [0.05, 0.1) is 17.4 Å². The Bertz CT molecular complexity index is 1530. The van der Waals surface area contributed by atoms with E-state index in [2.05, 4.69) is 5.10 Å². The van der Waals surface area contributed by atoms with Gasteiger partial charge in [-0.05, 0) is 32.4 Å². The van der Waals surface area contributed by atoms with Gasteiger partial charge in [-0.3, -0.25) is 14.6 Å². The van der Waals surface area contributed by atoms with Crippen molar-refractivity contribution in [2.75, 3.05) is 33.4 Å². The van der Waals surface area contributed by atoms with Crippen LogP contribution in [0.1, 0.15) is 47.8 Å². The zero-order chi connectivity index (χ0) is 29.0. The van der Waals surface area contributed by atoms with E-state index in [0.29, 0.717) is 5.04 Å². The summed E-state index contributed by atoms with van der Waals surface area (Å²) in [6.45, 7) is 5.46. The first kappa shape index (κ1) is 29.0. The van der Waals surface area contributed by atoms with Crippen LogP contribution in [0.4, 0.5) is 8.78 Å². The van der Waals surface area contributed by atoms with Crippen molar-refractivity contribution in [3.05, 3.63) is 63.1 Å². The summed E-state index contributed by atoms with van der Waals surface area (Å²) in [5.41, 5.74) is -1.65. The number of carbonyl (C=O) groups excluding carboxylic acids is 1. The molecule has 2 unspecified atom stereocenters. The Morgan fingerprint density at radius 3 is 2.54 bits per heavy atom. The second-order valence-electron chi connectivity index (χ2n) is 10.5. The number of hydrazone groups is 1. The largest absolute Gasteiger partial charge is 0.503 e. The molecular weight excluding hydrogens is 552 g/mol. The van der Waals surface area contributed by atoms with Gasteiger partial charge in [-0.2, -0.15) is 5.10 Å². The Kier molecular flexibility index (Phi) is 7.60. The molecule has 2 aliphatic heterocycles. The minimum atomic E-state index is -3.58. The van der Waals surface area contributed by atoms with Gasteiger partial charge in [0.2, 0.25) is 15.5 Å². The number of benzene rings is 1. The van der Waals surface area contributed by atoms with E-state index < -0.39 is 49.7 Å². The molecule has 2 aliphatic rings. The van der Waals surface area contributed by atoms with Crippen molar-refractivity contribution < 1.29 is 27.1 Å². The molecule has 1 aromatic carbocycles. The predicted molar refractivity (Wildman–Crippen MR) is 145 cm³/mol. The number of hydrogen-bond donors (Lipinski definition) is 1. The Hall–Kier alpha value is -2.97. The van der Waals surface area contributed by atoms with Gasteiger partial charge in [0.15, 0.2) is 11.4 Å². The Balaban J connectivity index is 1.77. The summed E-state index contributed by atoms with van der Waals surface area (Å²) in [6.07, 6.45) is 2.62. The molecule has 0 saturated heterocycles. The van der Waals surface area contributed by atoms with Crippen LogP contribution >= 0.6 is 11.8 Å². The number of amides is 1. The summed E-state index contributed by atoms with van der Waals surface area (Å²) in [4.78, 5) is 28.3. The summed E-state index contributed by atoms with van der Waals surface area (Å²) >= 11 is 1.17. The van der Waals surface area contributed by atoms with Gasteiger partial charge in [0.25, 0.3) is 5.91 Å². The standard InChI is InChI=1S/C25H31F2N5O5S2/c1-14(2)31-13-25(3,12-29(4)39(6,36)37)32-11-17(21(33)22(34)20(32)23(31)35)24-30(5)28-19(38-24)9-15-7-8-16(26)10-18(15)27/h7-8,10-11,14,24,34H,9,12-13H2,1-6H3. The Morgan fingerprint density at radius 1 is 1.28 bits per heavy atom. The maximum atomic E-state index is 14.2. The first-order chi connectivity index (χ1) is 18.0. The van der Waals surface area contributed by atoms with E-state index in [9.17, 15) is 31.9 Å². The second kappa shape index (κ2) is 10.2. The summed E-state index contributed by atoms with van der Waals surface area (Å²) in [5, 5.41) is 16.7. The van der Waals surface area contributed by atoms with Crippen molar-refractivity contribution in [3.8, 4) is 5.75 Å². The fraction of sp³-hybridized carbons (Fsp3) is 0.480. The fourth-order valence-electron chi connectivity index (χ4n) is 4.84. The number of nitrogens with zero attached hydrogens (tertiary/aromatic N) is 5. The molecule has 4 rings (SSSR count). The molecule has 0 saturated carbocycles. The second-order valence-corrected chi connectivity index (χ2v) is 13.7. The number of fused-ring (bicyclic) bond motifs is 1. The number of thioether (sulfide) groups is 1. The third-order valence-corrected chi connectivity index (χ3v) is 9.54. The molecule has 0 aliphatic carbocycles. The zero-order valence-electron chi connectivity index (χ0n) is 22.5. The molecule has 0 spiro atoms. The third kappa shape index (κ3) is 5.41. The lowest BCUT2D eigenvalue weighted by atomic mass is 9.94. The number of halogens is 2. The molecule has 1 N–H and O–H groups in total. The fourth-order valence-corrected chi connectivity index (χ4v) is 6.52. The van der Waals surface area contributed by atoms with Crippen molar-refractivity contribution >= 4 is 32.7 Å². The molecule has 0 fully saturated rings. The van der Waals surface area contributed by atoms with E-state index in [4.69, 9.17) is 0 Å². The number of likely N-dealkylation sites (N-methyl/N-ethyl adjacent to an activating group) is 1. The number of rotatable bonds is 7. The number of carbonyl (C=O) groups is 1. The summed E-state index contributed by atoms with van der Waals surface area (Å²) in [6, 6.07) is 2.99. The highest BCUT2D eigenvalue weighted by Crippen LogP contribution is 2.41. The monoisotopic (exact) mass is 583 g/mol. The van der Waals surface area contributed by atoms with Crippen LogP contribution in [0.15, 0.2) is 34.3 Å². The van der Waals surface area contributed by atoms with Gasteiger partial charge >= 0.3 is 0 Å². The molecule has 0 radical (unpaired) electrons. The summed E-state index contributed by atoms with van der Waals surface area (Å²) in [7, 11) is -0.538. The van der Waals surface area contributed by atoms with E-state index in [0.717, 1.165) is 22.7 Å². The molecule has 10 nitrogen and oxygen atoms in total. The van der Waals surface area contributed by atoms with Gasteiger partial charge in [-0.15, -0.1) is 0 Å². The van der Waals surface area contributed by atoms with Crippen LogP contribution < -0.4 is 5.43 Å². The summed E-state index contributed by atoms with van der Waals surface area (Å²) < 4.78 is 54.8. The normalized spacial score (nSPS) is 21.6. The maximum Gasteiger partial charge on any atom is 0.274 e. The predicted octanol–water partition coefficient (Wildman–Crippen LogP) is 2.54. The van der Waals surface area contributed by atoms with Crippen LogP contribution in [-0.4, -0.2) is 82.7 Å². The highest BCUT2D eigenvalue weighted by molar-refractivity contribution is 8.14. The number of pyridine rings is 1. The van der Waals surface area contributed by atoms with Crippen molar-refractivity contribution in [2.45, 2.75) is 44.1 Å². The molecule has 3 heterocycles. The topological polar surface area (TPSA) is 116 Å². The first-order valence-corrected chi connectivity index (χ1v) is 14.9. The van der Waals surface area contributed by atoms with Crippen molar-refractivity contribution in [1.29, 1.82) is 0 Å². The van der Waals surface area contributed by atoms with Gasteiger partial charge in [-0.1, -0.05) is 17.8 Å². The average molecular weight is 584 g/mol. The van der Waals surface area contributed by atoms with Crippen LogP contribution in [0, 0.1) is 11.6 Å². The van der Waals surface area contributed by atoms with E-state index in [1.807, 2.05) is 0 Å². The lowest BCUT2D eigenvalue weighted by Gasteiger charge is -2.46. The molecule has 39 heavy (non-hydrogen) atoms. The minimum Gasteiger partial charge on any atom is -0.503 e. The van der Waals surface area contributed by atoms with E-state index in [1.165, 1.54) is 45.5 Å². The lowest BCUT2D eigenvalue weighted by molar-refractivity contribution is 0.0461. The molecule has 212 valence electrons. The van der Waals surface area contributed by atoms with Crippen molar-refractivity contribution in [3.63, 3.8) is 0 Å². The lowest BCUT2D eigenvalue weighted by Crippen LogP contribution is -2.59. The van der Waals surface area contributed by atoms with Crippen LogP contribution in [0.2, 0.25) is 0 Å². The Morgan fingerprint density at radius 2 is 1.95 bits per heavy atom. The number of sulfonamides is 1. The average Bonchev–Trinajstić information content (AvgIpc) is 3.18.